The highest BCUT2D eigenvalue weighted by Crippen LogP contribution is 2.22. The lowest BCUT2D eigenvalue weighted by atomic mass is 10.1. The van der Waals surface area contributed by atoms with Crippen molar-refractivity contribution in [3.8, 4) is 5.75 Å². The lowest BCUT2D eigenvalue weighted by Crippen LogP contribution is -2.29. The molecule has 2 aromatic carbocycles. The molecule has 148 valence electrons. The number of carbonyl (C=O) groups excluding carboxylic acids is 1. The molecule has 4 rings (SSSR count). The number of pyridine rings is 1. The SMILES string of the molecule is COc1ccc2nc(CCN(C)C(=O)c3cc(C)nc4ccc(F)cc34)[nH]c2c1. The molecule has 0 atom stereocenters. The standard InChI is InChI=1S/C22H21FN4O2/c1-13-10-17(16-11-14(23)4-6-18(16)24-13)22(28)27(2)9-8-21-25-19-7-5-15(29-3)12-20(19)26-21/h4-7,10-12H,8-9H2,1-3H3,(H,25,26). The quantitative estimate of drug-likeness (QED) is 0.560. The average Bonchev–Trinajstić information content (AvgIpc) is 3.13. The third-order valence-electron chi connectivity index (χ3n) is 4.90. The van der Waals surface area contributed by atoms with Crippen LogP contribution in [0.1, 0.15) is 21.9 Å². The number of halogens is 1. The van der Waals surface area contributed by atoms with E-state index in [1.54, 1.807) is 31.2 Å². The minimum absolute atomic E-state index is 0.177. The second-order valence-electron chi connectivity index (χ2n) is 7.02. The predicted molar refractivity (Wildman–Crippen MR) is 110 cm³/mol. The fourth-order valence-corrected chi connectivity index (χ4v) is 3.38. The monoisotopic (exact) mass is 392 g/mol. The molecule has 2 heterocycles. The molecule has 0 aliphatic carbocycles. The number of nitrogens with one attached hydrogen (secondary N) is 1. The Bertz CT molecular complexity index is 1220. The molecule has 0 saturated heterocycles. The summed E-state index contributed by atoms with van der Waals surface area (Å²) in [4.78, 5) is 26.9. The van der Waals surface area contributed by atoms with Gasteiger partial charge in [-0.25, -0.2) is 9.37 Å². The Hall–Kier alpha value is -3.48. The van der Waals surface area contributed by atoms with Crippen LogP contribution >= 0.6 is 0 Å². The van der Waals surface area contributed by atoms with Crippen LogP contribution in [0.2, 0.25) is 0 Å². The number of ether oxygens (including phenoxy) is 1. The zero-order chi connectivity index (χ0) is 20.5. The number of aromatic nitrogens is 3. The lowest BCUT2D eigenvalue weighted by molar-refractivity contribution is 0.0798. The van der Waals surface area contributed by atoms with Gasteiger partial charge in [-0.15, -0.1) is 0 Å². The van der Waals surface area contributed by atoms with Crippen molar-refractivity contribution in [2.75, 3.05) is 20.7 Å². The molecule has 1 amide bonds. The summed E-state index contributed by atoms with van der Waals surface area (Å²) >= 11 is 0. The van der Waals surface area contributed by atoms with Crippen LogP contribution in [0.4, 0.5) is 4.39 Å². The fraction of sp³-hybridized carbons (Fsp3) is 0.227. The molecular formula is C22H21FN4O2. The second-order valence-corrected chi connectivity index (χ2v) is 7.02. The van der Waals surface area contributed by atoms with Crippen molar-refractivity contribution in [3.63, 3.8) is 0 Å². The largest absolute Gasteiger partial charge is 0.497 e. The highest BCUT2D eigenvalue weighted by molar-refractivity contribution is 6.06. The highest BCUT2D eigenvalue weighted by atomic mass is 19.1. The number of hydrogen-bond donors (Lipinski definition) is 1. The molecule has 6 nitrogen and oxygen atoms in total. The van der Waals surface area contributed by atoms with Crippen LogP contribution in [0.15, 0.2) is 42.5 Å². The molecule has 0 unspecified atom stereocenters. The first kappa shape index (κ1) is 18.9. The number of amides is 1. The third-order valence-corrected chi connectivity index (χ3v) is 4.90. The number of aryl methyl sites for hydroxylation is 1. The molecule has 2 aromatic heterocycles. The lowest BCUT2D eigenvalue weighted by Gasteiger charge is -2.18. The molecule has 0 saturated carbocycles. The number of carbonyl (C=O) groups is 1. The molecule has 1 N–H and O–H groups in total. The molecule has 7 heteroatoms. The highest BCUT2D eigenvalue weighted by Gasteiger charge is 2.17. The first-order chi connectivity index (χ1) is 13.9. The minimum Gasteiger partial charge on any atom is -0.497 e. The van der Waals surface area contributed by atoms with Crippen LogP contribution in [0.25, 0.3) is 21.9 Å². The van der Waals surface area contributed by atoms with E-state index >= 15 is 0 Å². The molecule has 0 spiro atoms. The number of H-pyrrole nitrogens is 1. The molecular weight excluding hydrogens is 371 g/mol. The Morgan fingerprint density at radius 3 is 2.72 bits per heavy atom. The Morgan fingerprint density at radius 1 is 1.14 bits per heavy atom. The molecule has 0 bridgehead atoms. The molecule has 0 radical (unpaired) electrons. The van der Waals surface area contributed by atoms with Crippen molar-refractivity contribution in [2.45, 2.75) is 13.3 Å². The van der Waals surface area contributed by atoms with Crippen LogP contribution in [-0.2, 0) is 6.42 Å². The van der Waals surface area contributed by atoms with Crippen LogP contribution in [0.5, 0.6) is 5.75 Å². The summed E-state index contributed by atoms with van der Waals surface area (Å²) in [6, 6.07) is 11.6. The van der Waals surface area contributed by atoms with Gasteiger partial charge in [0.15, 0.2) is 0 Å². The summed E-state index contributed by atoms with van der Waals surface area (Å²) in [6.07, 6.45) is 0.565. The predicted octanol–water partition coefficient (Wildman–Crippen LogP) is 3.88. The summed E-state index contributed by atoms with van der Waals surface area (Å²) in [5, 5.41) is 0.517. The molecule has 0 aliphatic rings. The molecule has 0 fully saturated rings. The second kappa shape index (κ2) is 7.50. The van der Waals surface area contributed by atoms with E-state index in [1.165, 1.54) is 12.1 Å². The van der Waals surface area contributed by atoms with Gasteiger partial charge in [-0.3, -0.25) is 9.78 Å². The van der Waals surface area contributed by atoms with Gasteiger partial charge in [0, 0.05) is 37.2 Å². The number of hydrogen-bond acceptors (Lipinski definition) is 4. The number of likely N-dealkylation sites (N-methyl/N-ethyl adjacent to an activating group) is 1. The fourth-order valence-electron chi connectivity index (χ4n) is 3.38. The topological polar surface area (TPSA) is 71.1 Å². The normalized spacial score (nSPS) is 11.2. The van der Waals surface area contributed by atoms with Crippen molar-refractivity contribution in [2.24, 2.45) is 0 Å². The van der Waals surface area contributed by atoms with E-state index in [9.17, 15) is 9.18 Å². The Morgan fingerprint density at radius 2 is 1.93 bits per heavy atom. The van der Waals surface area contributed by atoms with Gasteiger partial charge < -0.3 is 14.6 Å². The molecule has 4 aromatic rings. The summed E-state index contributed by atoms with van der Waals surface area (Å²) in [7, 11) is 3.35. The summed E-state index contributed by atoms with van der Waals surface area (Å²) in [5.74, 6) is 0.975. The maximum atomic E-state index is 13.7. The van der Waals surface area contributed by atoms with E-state index in [-0.39, 0.29) is 5.91 Å². The van der Waals surface area contributed by atoms with Crippen molar-refractivity contribution < 1.29 is 13.9 Å². The van der Waals surface area contributed by atoms with E-state index in [2.05, 4.69) is 15.0 Å². The van der Waals surface area contributed by atoms with E-state index < -0.39 is 5.82 Å². The van der Waals surface area contributed by atoms with E-state index in [4.69, 9.17) is 4.74 Å². The first-order valence-corrected chi connectivity index (χ1v) is 9.29. The number of benzene rings is 2. The van der Waals surface area contributed by atoms with Crippen LogP contribution in [0, 0.1) is 12.7 Å². The number of rotatable bonds is 5. The Balaban J connectivity index is 1.54. The molecule has 0 aliphatic heterocycles. The smallest absolute Gasteiger partial charge is 0.254 e. The van der Waals surface area contributed by atoms with Crippen molar-refractivity contribution in [1.29, 1.82) is 0 Å². The Labute approximate surface area is 167 Å². The van der Waals surface area contributed by atoms with Crippen LogP contribution < -0.4 is 4.74 Å². The van der Waals surface area contributed by atoms with Gasteiger partial charge in [0.05, 0.1) is 29.2 Å². The zero-order valence-corrected chi connectivity index (χ0v) is 16.5. The Kier molecular flexibility index (Phi) is 4.88. The first-order valence-electron chi connectivity index (χ1n) is 9.29. The number of methoxy groups -OCH3 is 1. The summed E-state index contributed by atoms with van der Waals surface area (Å²) < 4.78 is 19.0. The molecule has 29 heavy (non-hydrogen) atoms. The van der Waals surface area contributed by atoms with E-state index in [0.717, 1.165) is 22.6 Å². The maximum Gasteiger partial charge on any atom is 0.254 e. The maximum absolute atomic E-state index is 13.7. The average molecular weight is 392 g/mol. The van der Waals surface area contributed by atoms with Gasteiger partial charge >= 0.3 is 0 Å². The van der Waals surface area contributed by atoms with E-state index in [1.807, 2.05) is 25.1 Å². The van der Waals surface area contributed by atoms with Gasteiger partial charge in [0.2, 0.25) is 0 Å². The van der Waals surface area contributed by atoms with Gasteiger partial charge in [0.25, 0.3) is 5.91 Å². The van der Waals surface area contributed by atoms with E-state index in [0.29, 0.717) is 35.1 Å². The number of imidazole rings is 1. The van der Waals surface area contributed by atoms with Gasteiger partial charge in [0.1, 0.15) is 17.4 Å². The number of aromatic amines is 1. The number of fused-ring (bicyclic) bond motifs is 2. The van der Waals surface area contributed by atoms with Gasteiger partial charge in [-0.1, -0.05) is 0 Å². The van der Waals surface area contributed by atoms with Crippen LogP contribution in [-0.4, -0.2) is 46.5 Å². The van der Waals surface area contributed by atoms with Crippen molar-refractivity contribution in [1.82, 2.24) is 19.9 Å². The third kappa shape index (κ3) is 3.76. The van der Waals surface area contributed by atoms with Crippen molar-refractivity contribution in [3.05, 3.63) is 65.4 Å². The summed E-state index contributed by atoms with van der Waals surface area (Å²) in [5.41, 5.74) is 3.51. The zero-order valence-electron chi connectivity index (χ0n) is 16.5. The minimum atomic E-state index is -0.391. The number of nitrogens with zero attached hydrogens (tertiary/aromatic N) is 3. The van der Waals surface area contributed by atoms with Crippen LogP contribution in [0.3, 0.4) is 0 Å². The van der Waals surface area contributed by atoms with Gasteiger partial charge in [-0.05, 0) is 43.3 Å². The summed E-state index contributed by atoms with van der Waals surface area (Å²) in [6.45, 7) is 2.29. The van der Waals surface area contributed by atoms with Gasteiger partial charge in [-0.2, -0.15) is 0 Å². The van der Waals surface area contributed by atoms with Crippen molar-refractivity contribution >= 4 is 27.8 Å².